The zero-order valence-electron chi connectivity index (χ0n) is 15.7. The molecule has 2 rings (SSSR count). The molecular weight excluding hydrogens is 316 g/mol. The second-order valence-electron chi connectivity index (χ2n) is 6.90. The molecule has 0 aliphatic rings. The van der Waals surface area contributed by atoms with Crippen molar-refractivity contribution in [2.24, 2.45) is 4.99 Å². The number of ether oxygens (including phenoxy) is 1. The molecule has 0 spiro atoms. The van der Waals surface area contributed by atoms with Crippen molar-refractivity contribution in [2.45, 2.75) is 45.9 Å². The molecule has 136 valence electrons. The molecule has 2 N–H and O–H groups in total. The summed E-state index contributed by atoms with van der Waals surface area (Å²) in [6, 6.07) is 8.30. The minimum atomic E-state index is -0.0415. The number of nitrogens with zero attached hydrogens (tertiary/aromatic N) is 2. The van der Waals surface area contributed by atoms with Crippen LogP contribution in [0.4, 0.5) is 0 Å². The number of aliphatic imine (C=N–C) groups is 1. The third-order valence-electron chi connectivity index (χ3n) is 3.72. The fourth-order valence-corrected chi connectivity index (χ4v) is 2.22. The molecule has 0 aliphatic carbocycles. The van der Waals surface area contributed by atoms with Gasteiger partial charge in [0.1, 0.15) is 5.76 Å². The largest absolute Gasteiger partial charge is 0.443 e. The second kappa shape index (κ2) is 8.67. The first-order valence-electron chi connectivity index (χ1n) is 8.39. The number of benzene rings is 1. The number of methoxy groups -OCH3 is 1. The summed E-state index contributed by atoms with van der Waals surface area (Å²) in [5, 5.41) is 6.50. The van der Waals surface area contributed by atoms with E-state index in [-0.39, 0.29) is 5.41 Å². The molecule has 25 heavy (non-hydrogen) atoms. The highest BCUT2D eigenvalue weighted by atomic mass is 16.5. The minimum Gasteiger partial charge on any atom is -0.443 e. The van der Waals surface area contributed by atoms with Crippen LogP contribution in [-0.2, 0) is 29.8 Å². The van der Waals surface area contributed by atoms with Crippen molar-refractivity contribution in [3.05, 3.63) is 53.2 Å². The van der Waals surface area contributed by atoms with Crippen molar-refractivity contribution in [1.82, 2.24) is 15.6 Å². The van der Waals surface area contributed by atoms with E-state index in [4.69, 9.17) is 9.15 Å². The van der Waals surface area contributed by atoms with E-state index in [0.29, 0.717) is 31.5 Å². The highest BCUT2D eigenvalue weighted by molar-refractivity contribution is 5.79. The molecule has 2 aromatic rings. The third-order valence-corrected chi connectivity index (χ3v) is 3.72. The molecule has 0 unspecified atom stereocenters. The molecule has 0 amide bonds. The Hall–Kier alpha value is -2.34. The van der Waals surface area contributed by atoms with Crippen LogP contribution in [0.25, 0.3) is 0 Å². The van der Waals surface area contributed by atoms with Crippen LogP contribution < -0.4 is 10.6 Å². The molecule has 0 atom stereocenters. The number of oxazole rings is 1. The van der Waals surface area contributed by atoms with Crippen LogP contribution in [0.5, 0.6) is 0 Å². The van der Waals surface area contributed by atoms with Crippen LogP contribution in [0.2, 0.25) is 0 Å². The van der Waals surface area contributed by atoms with E-state index in [9.17, 15) is 0 Å². The van der Waals surface area contributed by atoms with Crippen LogP contribution in [0.15, 0.2) is 39.9 Å². The lowest BCUT2D eigenvalue weighted by atomic mass is 9.94. The van der Waals surface area contributed by atoms with Crippen molar-refractivity contribution in [1.29, 1.82) is 0 Å². The van der Waals surface area contributed by atoms with Gasteiger partial charge < -0.3 is 19.8 Å². The quantitative estimate of drug-likeness (QED) is 0.623. The number of guanidine groups is 1. The minimum absolute atomic E-state index is 0.0415. The van der Waals surface area contributed by atoms with E-state index >= 15 is 0 Å². The maximum atomic E-state index is 5.77. The lowest BCUT2D eigenvalue weighted by molar-refractivity contribution is 0.185. The molecule has 1 aromatic heterocycles. The van der Waals surface area contributed by atoms with Gasteiger partial charge in [-0.1, -0.05) is 45.0 Å². The van der Waals surface area contributed by atoms with Crippen molar-refractivity contribution in [2.75, 3.05) is 14.2 Å². The van der Waals surface area contributed by atoms with Crippen molar-refractivity contribution in [3.8, 4) is 0 Å². The highest BCUT2D eigenvalue weighted by Crippen LogP contribution is 2.22. The molecule has 0 fully saturated rings. The first-order valence-corrected chi connectivity index (χ1v) is 8.39. The van der Waals surface area contributed by atoms with Gasteiger partial charge in [0.2, 0.25) is 5.89 Å². The topological polar surface area (TPSA) is 71.7 Å². The number of hydrogen-bond acceptors (Lipinski definition) is 4. The van der Waals surface area contributed by atoms with Gasteiger partial charge in [-0.3, -0.25) is 4.99 Å². The van der Waals surface area contributed by atoms with Gasteiger partial charge in [-0.05, 0) is 11.1 Å². The lowest BCUT2D eigenvalue weighted by Crippen LogP contribution is -2.36. The Bertz CT molecular complexity index is 684. The zero-order valence-corrected chi connectivity index (χ0v) is 15.7. The summed E-state index contributed by atoms with van der Waals surface area (Å²) in [4.78, 5) is 8.54. The number of hydrogen-bond donors (Lipinski definition) is 2. The van der Waals surface area contributed by atoms with Gasteiger partial charge in [0.15, 0.2) is 5.96 Å². The first-order chi connectivity index (χ1) is 11.9. The summed E-state index contributed by atoms with van der Waals surface area (Å²) in [6.45, 7) is 8.10. The number of aromatic nitrogens is 1. The fraction of sp³-hybridized carbons (Fsp3) is 0.474. The Morgan fingerprint density at radius 1 is 1.12 bits per heavy atom. The molecule has 0 saturated carbocycles. The van der Waals surface area contributed by atoms with Crippen molar-refractivity contribution in [3.63, 3.8) is 0 Å². The maximum Gasteiger partial charge on any atom is 0.213 e. The van der Waals surface area contributed by atoms with E-state index in [1.54, 1.807) is 20.4 Å². The summed E-state index contributed by atoms with van der Waals surface area (Å²) < 4.78 is 10.9. The molecule has 6 heteroatoms. The summed E-state index contributed by atoms with van der Waals surface area (Å²) in [5.74, 6) is 2.23. The van der Waals surface area contributed by atoms with Gasteiger partial charge in [0.25, 0.3) is 0 Å². The normalized spacial score (nSPS) is 12.3. The summed E-state index contributed by atoms with van der Waals surface area (Å²) in [7, 11) is 3.44. The Labute approximate surface area is 149 Å². The SMILES string of the molecule is CN=C(NCc1ccc(COC)cc1)NCc1ncc(C(C)(C)C)o1. The zero-order chi connectivity index (χ0) is 18.3. The Kier molecular flexibility index (Phi) is 6.58. The third kappa shape index (κ3) is 5.90. The van der Waals surface area contributed by atoms with Crippen LogP contribution in [0.3, 0.4) is 0 Å². The summed E-state index contributed by atoms with van der Waals surface area (Å²) in [6.07, 6.45) is 1.79. The van der Waals surface area contributed by atoms with Crippen LogP contribution in [0.1, 0.15) is 43.5 Å². The van der Waals surface area contributed by atoms with Gasteiger partial charge in [-0.2, -0.15) is 0 Å². The van der Waals surface area contributed by atoms with Gasteiger partial charge in [0, 0.05) is 26.1 Å². The highest BCUT2D eigenvalue weighted by Gasteiger charge is 2.19. The molecular formula is C19H28N4O2. The maximum absolute atomic E-state index is 5.77. The van der Waals surface area contributed by atoms with Gasteiger partial charge >= 0.3 is 0 Å². The molecule has 0 aliphatic heterocycles. The van der Waals surface area contributed by atoms with Gasteiger partial charge in [-0.15, -0.1) is 0 Å². The van der Waals surface area contributed by atoms with E-state index in [1.807, 2.05) is 0 Å². The summed E-state index contributed by atoms with van der Waals surface area (Å²) in [5.41, 5.74) is 2.29. The standard InChI is InChI=1S/C19H28N4O2/c1-19(2,3)16-11-21-17(25-16)12-23-18(20-4)22-10-14-6-8-15(9-7-14)13-24-5/h6-9,11H,10,12-13H2,1-5H3,(H2,20,22,23). The van der Waals surface area contributed by atoms with E-state index < -0.39 is 0 Å². The second-order valence-corrected chi connectivity index (χ2v) is 6.90. The van der Waals surface area contributed by atoms with Crippen molar-refractivity contribution >= 4 is 5.96 Å². The fourth-order valence-electron chi connectivity index (χ4n) is 2.22. The average molecular weight is 344 g/mol. The van der Waals surface area contributed by atoms with Gasteiger partial charge in [0.05, 0.1) is 19.3 Å². The molecule has 6 nitrogen and oxygen atoms in total. The van der Waals surface area contributed by atoms with Gasteiger partial charge in [-0.25, -0.2) is 4.98 Å². The van der Waals surface area contributed by atoms with E-state index in [1.165, 1.54) is 5.56 Å². The predicted octanol–water partition coefficient (Wildman–Crippen LogP) is 2.98. The lowest BCUT2D eigenvalue weighted by Gasteiger charge is -2.13. The Balaban J connectivity index is 1.83. The van der Waals surface area contributed by atoms with Crippen LogP contribution in [-0.4, -0.2) is 25.1 Å². The summed E-state index contributed by atoms with van der Waals surface area (Å²) >= 11 is 0. The molecule has 0 radical (unpaired) electrons. The van der Waals surface area contributed by atoms with E-state index in [2.05, 4.69) is 65.6 Å². The molecule has 1 aromatic carbocycles. The van der Waals surface area contributed by atoms with Crippen LogP contribution in [0, 0.1) is 0 Å². The smallest absolute Gasteiger partial charge is 0.213 e. The monoisotopic (exact) mass is 344 g/mol. The predicted molar refractivity (Wildman–Crippen MR) is 99.4 cm³/mol. The van der Waals surface area contributed by atoms with E-state index in [0.717, 1.165) is 11.3 Å². The van der Waals surface area contributed by atoms with Crippen LogP contribution >= 0.6 is 0 Å². The molecule has 1 heterocycles. The molecule has 0 bridgehead atoms. The first kappa shape index (κ1) is 19.0. The number of nitrogens with one attached hydrogen (secondary N) is 2. The number of rotatable bonds is 6. The Morgan fingerprint density at radius 3 is 2.32 bits per heavy atom. The Morgan fingerprint density at radius 2 is 1.76 bits per heavy atom. The average Bonchev–Trinajstić information content (AvgIpc) is 3.06. The van der Waals surface area contributed by atoms with Crippen molar-refractivity contribution < 1.29 is 9.15 Å². The molecule has 0 saturated heterocycles.